The first-order chi connectivity index (χ1) is 15.0. The van der Waals surface area contributed by atoms with Crippen molar-refractivity contribution in [2.24, 2.45) is 0 Å². The molecule has 0 spiro atoms. The van der Waals surface area contributed by atoms with Crippen LogP contribution in [-0.4, -0.2) is 45.9 Å². The van der Waals surface area contributed by atoms with Crippen molar-refractivity contribution in [2.45, 2.75) is 19.6 Å². The third kappa shape index (κ3) is 3.43. The molecule has 1 saturated heterocycles. The van der Waals surface area contributed by atoms with Gasteiger partial charge in [0.25, 0.3) is 0 Å². The van der Waals surface area contributed by atoms with Crippen LogP contribution in [0.3, 0.4) is 0 Å². The first-order valence-electron chi connectivity index (χ1n) is 10.2. The summed E-state index contributed by atoms with van der Waals surface area (Å²) in [5.41, 5.74) is 2.61. The predicted molar refractivity (Wildman–Crippen MR) is 114 cm³/mol. The molecule has 0 aliphatic carbocycles. The Morgan fingerprint density at radius 1 is 0.903 bits per heavy atom. The van der Waals surface area contributed by atoms with Gasteiger partial charge in [0.15, 0.2) is 5.65 Å². The summed E-state index contributed by atoms with van der Waals surface area (Å²) >= 11 is 0. The zero-order valence-electron chi connectivity index (χ0n) is 17.0. The Morgan fingerprint density at radius 2 is 1.65 bits per heavy atom. The first-order valence-corrected chi connectivity index (χ1v) is 10.2. The Balaban J connectivity index is 1.39. The van der Waals surface area contributed by atoms with E-state index in [1.54, 1.807) is 6.07 Å². The summed E-state index contributed by atoms with van der Waals surface area (Å²) in [6, 6.07) is 13.5. The molecule has 5 rings (SSSR count). The van der Waals surface area contributed by atoms with Gasteiger partial charge in [-0.05, 0) is 31.2 Å². The molecule has 1 fully saturated rings. The molecule has 0 radical (unpaired) electrons. The van der Waals surface area contributed by atoms with Gasteiger partial charge in [-0.3, -0.25) is 0 Å². The molecular formula is C22H21F3N6. The van der Waals surface area contributed by atoms with Gasteiger partial charge in [0.2, 0.25) is 5.95 Å². The number of hydrogen-bond acceptors (Lipinski definition) is 5. The molecule has 1 aliphatic rings. The summed E-state index contributed by atoms with van der Waals surface area (Å²) in [6.07, 6.45) is -4.34. The van der Waals surface area contributed by atoms with Gasteiger partial charge in [0, 0.05) is 43.8 Å². The fourth-order valence-electron chi connectivity index (χ4n) is 4.19. The van der Waals surface area contributed by atoms with E-state index in [4.69, 9.17) is 4.98 Å². The minimum Gasteiger partial charge on any atom is -0.368 e. The lowest BCUT2D eigenvalue weighted by atomic mass is 10.1. The van der Waals surface area contributed by atoms with Gasteiger partial charge < -0.3 is 14.4 Å². The van der Waals surface area contributed by atoms with Crippen molar-refractivity contribution in [1.82, 2.24) is 19.7 Å². The molecule has 160 valence electrons. The number of nitrogens with zero attached hydrogens (tertiary/aromatic N) is 6. The van der Waals surface area contributed by atoms with Crippen LogP contribution in [0, 0.1) is 0 Å². The number of piperazine rings is 1. The van der Waals surface area contributed by atoms with Crippen LogP contribution in [0.5, 0.6) is 0 Å². The lowest BCUT2D eigenvalue weighted by Crippen LogP contribution is -2.47. The number of para-hydroxylation sites is 1. The highest BCUT2D eigenvalue weighted by Gasteiger charge is 2.31. The summed E-state index contributed by atoms with van der Waals surface area (Å²) in [6.45, 7) is 5.22. The molecule has 0 atom stereocenters. The number of anilines is 2. The Morgan fingerprint density at radius 3 is 2.39 bits per heavy atom. The monoisotopic (exact) mass is 426 g/mol. The van der Waals surface area contributed by atoms with E-state index < -0.39 is 11.7 Å². The smallest absolute Gasteiger partial charge is 0.368 e. The van der Waals surface area contributed by atoms with E-state index in [9.17, 15) is 13.2 Å². The van der Waals surface area contributed by atoms with E-state index in [0.29, 0.717) is 37.8 Å². The third-order valence-corrected chi connectivity index (χ3v) is 5.78. The second-order valence-corrected chi connectivity index (χ2v) is 7.57. The van der Waals surface area contributed by atoms with Crippen LogP contribution in [-0.2, 0) is 12.7 Å². The summed E-state index contributed by atoms with van der Waals surface area (Å²) in [5.74, 6) is 0.550. The number of aromatic nitrogens is 4. The maximum Gasteiger partial charge on any atom is 0.416 e. The van der Waals surface area contributed by atoms with Gasteiger partial charge in [0.1, 0.15) is 5.52 Å². The van der Waals surface area contributed by atoms with E-state index in [0.717, 1.165) is 34.7 Å². The number of halogens is 3. The number of aryl methyl sites for hydroxylation is 1. The van der Waals surface area contributed by atoms with Crippen LogP contribution >= 0.6 is 0 Å². The summed E-state index contributed by atoms with van der Waals surface area (Å²) in [4.78, 5) is 8.79. The zero-order chi connectivity index (χ0) is 21.6. The molecule has 9 heteroatoms. The lowest BCUT2D eigenvalue weighted by Gasteiger charge is -2.36. The van der Waals surface area contributed by atoms with Crippen molar-refractivity contribution in [3.63, 3.8) is 0 Å². The van der Waals surface area contributed by atoms with Gasteiger partial charge >= 0.3 is 6.18 Å². The summed E-state index contributed by atoms with van der Waals surface area (Å²) < 4.78 is 41.2. The third-order valence-electron chi connectivity index (χ3n) is 5.78. The topological polar surface area (TPSA) is 50.1 Å². The minimum atomic E-state index is -4.34. The molecule has 0 amide bonds. The normalized spacial score (nSPS) is 15.2. The molecule has 4 aromatic rings. The van der Waals surface area contributed by atoms with E-state index in [2.05, 4.69) is 27.8 Å². The highest BCUT2D eigenvalue weighted by Crippen LogP contribution is 2.32. The molecule has 0 unspecified atom stereocenters. The highest BCUT2D eigenvalue weighted by molar-refractivity contribution is 6.04. The zero-order valence-corrected chi connectivity index (χ0v) is 17.0. The highest BCUT2D eigenvalue weighted by atomic mass is 19.4. The van der Waals surface area contributed by atoms with Crippen molar-refractivity contribution in [3.8, 4) is 0 Å². The summed E-state index contributed by atoms with van der Waals surface area (Å²) in [5, 5.41) is 9.84. The van der Waals surface area contributed by atoms with Gasteiger partial charge in [-0.15, -0.1) is 10.2 Å². The van der Waals surface area contributed by atoms with Gasteiger partial charge in [-0.2, -0.15) is 18.2 Å². The Kier molecular flexibility index (Phi) is 4.68. The quantitative estimate of drug-likeness (QED) is 0.488. The maximum atomic E-state index is 13.0. The van der Waals surface area contributed by atoms with E-state index in [-0.39, 0.29) is 0 Å². The Bertz CT molecular complexity index is 1240. The van der Waals surface area contributed by atoms with Gasteiger partial charge in [-0.25, -0.2) is 0 Å². The van der Waals surface area contributed by atoms with Crippen LogP contribution in [0.4, 0.5) is 24.8 Å². The predicted octanol–water partition coefficient (Wildman–Crippen LogP) is 4.34. The molecule has 0 saturated carbocycles. The van der Waals surface area contributed by atoms with E-state index in [1.165, 1.54) is 12.1 Å². The molecule has 0 bridgehead atoms. The molecular weight excluding hydrogens is 405 g/mol. The van der Waals surface area contributed by atoms with Gasteiger partial charge in [-0.1, -0.05) is 24.3 Å². The molecule has 2 aromatic heterocycles. The molecule has 6 nitrogen and oxygen atoms in total. The largest absolute Gasteiger partial charge is 0.416 e. The molecule has 1 aliphatic heterocycles. The SMILES string of the molecule is CCn1c2ccccc2c2nnc(N3CCN(c4cccc(C(F)(F)F)c4)CC3)nc21. The summed E-state index contributed by atoms with van der Waals surface area (Å²) in [7, 11) is 0. The van der Waals surface area contributed by atoms with Gasteiger partial charge in [0.05, 0.1) is 11.1 Å². The maximum absolute atomic E-state index is 13.0. The fraction of sp³-hybridized carbons (Fsp3) is 0.318. The van der Waals surface area contributed by atoms with Crippen molar-refractivity contribution >= 4 is 33.7 Å². The van der Waals surface area contributed by atoms with Crippen LogP contribution in [0.25, 0.3) is 22.1 Å². The average molecular weight is 426 g/mol. The van der Waals surface area contributed by atoms with Crippen molar-refractivity contribution in [1.29, 1.82) is 0 Å². The van der Waals surface area contributed by atoms with Crippen molar-refractivity contribution in [2.75, 3.05) is 36.0 Å². The van der Waals surface area contributed by atoms with E-state index >= 15 is 0 Å². The Labute approximate surface area is 176 Å². The molecule has 0 N–H and O–H groups in total. The van der Waals surface area contributed by atoms with E-state index in [1.807, 2.05) is 28.0 Å². The van der Waals surface area contributed by atoms with Crippen LogP contribution in [0.15, 0.2) is 48.5 Å². The van der Waals surface area contributed by atoms with Crippen molar-refractivity contribution < 1.29 is 13.2 Å². The fourth-order valence-corrected chi connectivity index (χ4v) is 4.19. The van der Waals surface area contributed by atoms with Crippen LogP contribution in [0.1, 0.15) is 12.5 Å². The standard InChI is InChI=1S/C22H21F3N6/c1-2-31-18-9-4-3-8-17(18)19-20(31)26-21(28-27-19)30-12-10-29(11-13-30)16-7-5-6-15(14-16)22(23,24)25/h3-9,14H,2,10-13H2,1H3. The lowest BCUT2D eigenvalue weighted by molar-refractivity contribution is -0.137. The molecule has 31 heavy (non-hydrogen) atoms. The molecule has 3 heterocycles. The second kappa shape index (κ2) is 7.40. The van der Waals surface area contributed by atoms with Crippen LogP contribution < -0.4 is 9.80 Å². The number of hydrogen-bond donors (Lipinski definition) is 0. The average Bonchev–Trinajstić information content (AvgIpc) is 3.11. The number of fused-ring (bicyclic) bond motifs is 3. The number of rotatable bonds is 3. The molecule has 2 aromatic carbocycles. The van der Waals surface area contributed by atoms with Crippen LogP contribution in [0.2, 0.25) is 0 Å². The Hall–Kier alpha value is -3.36. The first kappa shape index (κ1) is 19.6. The second-order valence-electron chi connectivity index (χ2n) is 7.57. The number of benzene rings is 2. The van der Waals surface area contributed by atoms with Crippen molar-refractivity contribution in [3.05, 3.63) is 54.1 Å². The number of alkyl halides is 3. The minimum absolute atomic E-state index is 0.550.